The molecule has 9 nitrogen and oxygen atoms in total. The number of hydrogen-bond donors (Lipinski definition) is 1. The molecule has 0 saturated carbocycles. The minimum atomic E-state index is -0.412. The third-order valence-corrected chi connectivity index (χ3v) is 9.67. The first-order valence-corrected chi connectivity index (χ1v) is 20.8. The van der Waals surface area contributed by atoms with Gasteiger partial charge in [0, 0.05) is 25.5 Å². The topological polar surface area (TPSA) is 102 Å². The van der Waals surface area contributed by atoms with Crippen LogP contribution in [-0.2, 0) is 33.2 Å². The van der Waals surface area contributed by atoms with Gasteiger partial charge in [-0.05, 0) is 35.1 Å². The van der Waals surface area contributed by atoms with Crippen LogP contribution in [0.15, 0.2) is 48.5 Å². The zero-order chi connectivity index (χ0) is 37.4. The van der Waals surface area contributed by atoms with Gasteiger partial charge in [-0.1, -0.05) is 145 Å². The molecule has 1 N–H and O–H groups in total. The fourth-order valence-corrected chi connectivity index (χ4v) is 6.70. The lowest BCUT2D eigenvalue weighted by atomic mass is 9.98. The molecule has 0 heterocycles. The molecule has 3 rings (SSSR count). The van der Waals surface area contributed by atoms with Crippen molar-refractivity contribution in [1.29, 1.82) is 0 Å². The van der Waals surface area contributed by atoms with E-state index in [2.05, 4.69) is 36.5 Å². The number of alkyl carbamates (subject to hydrolysis) is 1. The Kier molecular flexibility index (Phi) is 25.4. The maximum Gasteiger partial charge on any atom is 0.407 e. The van der Waals surface area contributed by atoms with E-state index in [0.717, 1.165) is 12.8 Å². The zero-order valence-corrected chi connectivity index (χ0v) is 32.8. The van der Waals surface area contributed by atoms with Crippen LogP contribution in [-0.4, -0.2) is 84.7 Å². The molecule has 2 aromatic carbocycles. The molecule has 0 spiro atoms. The summed E-state index contributed by atoms with van der Waals surface area (Å²) in [4.78, 5) is 24.2. The number of rotatable bonds is 34. The maximum atomic E-state index is 12.3. The molecule has 1 aliphatic carbocycles. The molecule has 9 heteroatoms. The van der Waals surface area contributed by atoms with E-state index in [4.69, 9.17) is 28.4 Å². The average Bonchev–Trinajstić information content (AvgIpc) is 3.50. The van der Waals surface area contributed by atoms with Gasteiger partial charge in [-0.2, -0.15) is 0 Å². The fraction of sp³-hybridized carbons (Fsp3) is 0.682. The first-order valence-electron chi connectivity index (χ1n) is 20.8. The third kappa shape index (κ3) is 20.3. The lowest BCUT2D eigenvalue weighted by Gasteiger charge is -2.14. The molecule has 0 saturated heterocycles. The average molecular weight is 740 g/mol. The van der Waals surface area contributed by atoms with Gasteiger partial charge in [-0.25, -0.2) is 4.79 Å². The SMILES string of the molecule is CCCCCCCCCCCCCCCCCC(=O)OCCOCCOCCOCCOCCCNC(=O)OCC1c2ccccc2-c2ccccc21. The van der Waals surface area contributed by atoms with Crippen LogP contribution in [0.25, 0.3) is 11.1 Å². The lowest BCUT2D eigenvalue weighted by molar-refractivity contribution is -0.145. The van der Waals surface area contributed by atoms with Crippen molar-refractivity contribution in [1.82, 2.24) is 5.32 Å². The second kappa shape index (κ2) is 30.4. The van der Waals surface area contributed by atoms with Crippen molar-refractivity contribution in [3.63, 3.8) is 0 Å². The van der Waals surface area contributed by atoms with Crippen LogP contribution in [0, 0.1) is 0 Å². The van der Waals surface area contributed by atoms with Crippen molar-refractivity contribution in [2.45, 2.75) is 122 Å². The summed E-state index contributed by atoms with van der Waals surface area (Å²) >= 11 is 0. The zero-order valence-electron chi connectivity index (χ0n) is 32.8. The minimum absolute atomic E-state index is 0.0523. The van der Waals surface area contributed by atoms with Crippen LogP contribution in [0.2, 0.25) is 0 Å². The smallest absolute Gasteiger partial charge is 0.407 e. The van der Waals surface area contributed by atoms with Crippen LogP contribution in [0.4, 0.5) is 4.79 Å². The molecule has 53 heavy (non-hydrogen) atoms. The van der Waals surface area contributed by atoms with Gasteiger partial charge in [0.15, 0.2) is 0 Å². The monoisotopic (exact) mass is 740 g/mol. The van der Waals surface area contributed by atoms with Gasteiger partial charge in [0.1, 0.15) is 13.2 Å². The number of fused-ring (bicyclic) bond motifs is 3. The van der Waals surface area contributed by atoms with E-state index in [1.165, 1.54) is 106 Å². The second-order valence-electron chi connectivity index (χ2n) is 14.0. The Labute approximate surface area is 320 Å². The van der Waals surface area contributed by atoms with Crippen LogP contribution in [0.3, 0.4) is 0 Å². The van der Waals surface area contributed by atoms with Crippen molar-refractivity contribution in [3.8, 4) is 11.1 Å². The number of ether oxygens (including phenoxy) is 6. The predicted octanol–water partition coefficient (Wildman–Crippen LogP) is 9.79. The van der Waals surface area contributed by atoms with Crippen LogP contribution < -0.4 is 5.32 Å². The number of hydrogen-bond acceptors (Lipinski definition) is 8. The summed E-state index contributed by atoms with van der Waals surface area (Å²) in [6, 6.07) is 16.6. The summed E-state index contributed by atoms with van der Waals surface area (Å²) in [5.74, 6) is -0.0811. The molecule has 0 aromatic heterocycles. The minimum Gasteiger partial charge on any atom is -0.463 e. The normalized spacial score (nSPS) is 12.1. The van der Waals surface area contributed by atoms with Crippen LogP contribution >= 0.6 is 0 Å². The lowest BCUT2D eigenvalue weighted by Crippen LogP contribution is -2.27. The van der Waals surface area contributed by atoms with E-state index in [0.29, 0.717) is 78.8 Å². The van der Waals surface area contributed by atoms with Crippen molar-refractivity contribution in [3.05, 3.63) is 59.7 Å². The summed E-state index contributed by atoms with van der Waals surface area (Å²) in [6.45, 7) is 7.06. The highest BCUT2D eigenvalue weighted by atomic mass is 16.6. The van der Waals surface area contributed by atoms with E-state index >= 15 is 0 Å². The first kappa shape index (κ1) is 44.4. The highest BCUT2D eigenvalue weighted by molar-refractivity contribution is 5.79. The molecular formula is C44H69NO8. The molecule has 1 amide bonds. The predicted molar refractivity (Wildman–Crippen MR) is 211 cm³/mol. The number of benzene rings is 2. The van der Waals surface area contributed by atoms with Gasteiger partial charge in [-0.15, -0.1) is 0 Å². The molecular weight excluding hydrogens is 670 g/mol. The summed E-state index contributed by atoms with van der Waals surface area (Å²) < 4.78 is 33.0. The van der Waals surface area contributed by atoms with Gasteiger partial charge in [0.25, 0.3) is 0 Å². The number of unbranched alkanes of at least 4 members (excludes halogenated alkanes) is 14. The Morgan fingerprint density at radius 1 is 0.509 bits per heavy atom. The first-order chi connectivity index (χ1) is 26.2. The van der Waals surface area contributed by atoms with Gasteiger partial charge in [-0.3, -0.25) is 4.79 Å². The summed E-state index contributed by atoms with van der Waals surface area (Å²) in [5, 5.41) is 2.81. The summed E-state index contributed by atoms with van der Waals surface area (Å²) in [5.41, 5.74) is 4.82. The van der Waals surface area contributed by atoms with E-state index in [-0.39, 0.29) is 18.5 Å². The van der Waals surface area contributed by atoms with Crippen molar-refractivity contribution < 1.29 is 38.0 Å². The molecule has 0 bridgehead atoms. The molecule has 0 fully saturated rings. The van der Waals surface area contributed by atoms with Gasteiger partial charge in [0.2, 0.25) is 0 Å². The van der Waals surface area contributed by atoms with Gasteiger partial charge >= 0.3 is 12.1 Å². The van der Waals surface area contributed by atoms with Crippen molar-refractivity contribution >= 4 is 12.1 Å². The van der Waals surface area contributed by atoms with E-state index in [9.17, 15) is 9.59 Å². The standard InChI is InChI=1S/C44H69NO8/c1-2-3-4-5-6-7-8-9-10-11-12-13-14-15-16-26-43(46)52-36-35-51-34-33-50-32-31-49-30-29-48-28-21-27-45-44(47)53-37-42-40-24-19-17-22-38(40)39-23-18-20-25-41(39)42/h17-20,22-25,42H,2-16,21,26-37H2,1H3,(H,45,47). The molecule has 0 radical (unpaired) electrons. The highest BCUT2D eigenvalue weighted by Crippen LogP contribution is 2.44. The third-order valence-electron chi connectivity index (χ3n) is 9.67. The number of nitrogens with one attached hydrogen (secondary N) is 1. The molecule has 1 aliphatic rings. The number of amides is 1. The second-order valence-corrected chi connectivity index (χ2v) is 14.0. The Bertz CT molecular complexity index is 1180. The van der Waals surface area contributed by atoms with Crippen LogP contribution in [0.1, 0.15) is 133 Å². The van der Waals surface area contributed by atoms with Gasteiger partial charge in [0.05, 0.1) is 46.2 Å². The fourth-order valence-electron chi connectivity index (χ4n) is 6.70. The number of carbonyl (C=O) groups is 2. The molecule has 298 valence electrons. The Morgan fingerprint density at radius 3 is 1.45 bits per heavy atom. The summed E-state index contributed by atoms with van der Waals surface area (Å²) in [7, 11) is 0. The highest BCUT2D eigenvalue weighted by Gasteiger charge is 2.28. The van der Waals surface area contributed by atoms with E-state index in [1.54, 1.807) is 0 Å². The largest absolute Gasteiger partial charge is 0.463 e. The Morgan fingerprint density at radius 2 is 0.943 bits per heavy atom. The van der Waals surface area contributed by atoms with Gasteiger partial charge < -0.3 is 33.7 Å². The molecule has 2 aromatic rings. The molecule has 0 unspecified atom stereocenters. The molecule has 0 atom stereocenters. The maximum absolute atomic E-state index is 12.3. The van der Waals surface area contributed by atoms with Crippen molar-refractivity contribution in [2.75, 3.05) is 72.6 Å². The van der Waals surface area contributed by atoms with Crippen LogP contribution in [0.5, 0.6) is 0 Å². The molecule has 0 aliphatic heterocycles. The summed E-state index contributed by atoms with van der Waals surface area (Å²) in [6.07, 6.45) is 20.5. The van der Waals surface area contributed by atoms with E-state index in [1.807, 2.05) is 24.3 Å². The van der Waals surface area contributed by atoms with Crippen molar-refractivity contribution in [2.24, 2.45) is 0 Å². The number of esters is 1. The number of carbonyl (C=O) groups excluding carboxylic acids is 2. The Hall–Kier alpha value is -2.98. The van der Waals surface area contributed by atoms with E-state index < -0.39 is 6.09 Å². The quantitative estimate of drug-likeness (QED) is 0.0559. The Balaban J connectivity index is 0.979.